The van der Waals surface area contributed by atoms with Crippen LogP contribution in [0.5, 0.6) is 0 Å². The van der Waals surface area contributed by atoms with E-state index in [4.69, 9.17) is 10.00 Å². The standard InChI is InChI=1S/C14H18N2O/c1-4-7-16(8-9-17-3)14-10-12(2)5-6-13(14)11-15/h4-6,10H,1,7-9H2,2-3H3. The van der Waals surface area contributed by atoms with Gasteiger partial charge in [0.15, 0.2) is 0 Å². The van der Waals surface area contributed by atoms with Gasteiger partial charge < -0.3 is 9.64 Å². The van der Waals surface area contributed by atoms with Crippen molar-refractivity contribution in [2.45, 2.75) is 6.92 Å². The van der Waals surface area contributed by atoms with Gasteiger partial charge >= 0.3 is 0 Å². The fourth-order valence-corrected chi connectivity index (χ4v) is 1.67. The van der Waals surface area contributed by atoms with E-state index in [-0.39, 0.29) is 0 Å². The summed E-state index contributed by atoms with van der Waals surface area (Å²) in [6, 6.07) is 8.05. The molecule has 0 saturated carbocycles. The second kappa shape index (κ2) is 6.72. The average Bonchev–Trinajstić information content (AvgIpc) is 2.34. The minimum Gasteiger partial charge on any atom is -0.383 e. The molecule has 3 heteroatoms. The summed E-state index contributed by atoms with van der Waals surface area (Å²) in [6.45, 7) is 7.86. The van der Waals surface area contributed by atoms with Crippen LogP contribution in [0.25, 0.3) is 0 Å². The van der Waals surface area contributed by atoms with Gasteiger partial charge in [0.2, 0.25) is 0 Å². The van der Waals surface area contributed by atoms with Crippen LogP contribution in [-0.2, 0) is 4.74 Å². The van der Waals surface area contributed by atoms with E-state index in [0.29, 0.717) is 18.7 Å². The Morgan fingerprint density at radius 1 is 1.53 bits per heavy atom. The number of aryl methyl sites for hydroxylation is 1. The van der Waals surface area contributed by atoms with Crippen LogP contribution < -0.4 is 4.90 Å². The van der Waals surface area contributed by atoms with E-state index >= 15 is 0 Å². The normalized spacial score (nSPS) is 9.71. The second-order valence-electron chi connectivity index (χ2n) is 3.86. The van der Waals surface area contributed by atoms with Crippen LogP contribution in [0.3, 0.4) is 0 Å². The van der Waals surface area contributed by atoms with Gasteiger partial charge in [0.05, 0.1) is 17.9 Å². The minimum atomic E-state index is 0.632. The quantitative estimate of drug-likeness (QED) is 0.704. The third kappa shape index (κ3) is 3.61. The summed E-state index contributed by atoms with van der Waals surface area (Å²) >= 11 is 0. The van der Waals surface area contributed by atoms with Gasteiger partial charge in [-0.3, -0.25) is 0 Å². The summed E-state index contributed by atoms with van der Waals surface area (Å²) in [5.41, 5.74) is 2.78. The molecule has 0 aliphatic carbocycles. The molecular formula is C14H18N2O. The highest BCUT2D eigenvalue weighted by molar-refractivity contribution is 5.61. The zero-order chi connectivity index (χ0) is 12.7. The molecule has 0 spiro atoms. The Labute approximate surface area is 103 Å². The van der Waals surface area contributed by atoms with Crippen LogP contribution >= 0.6 is 0 Å². The average molecular weight is 230 g/mol. The lowest BCUT2D eigenvalue weighted by molar-refractivity contribution is 0.206. The van der Waals surface area contributed by atoms with Gasteiger partial charge in [-0.1, -0.05) is 12.1 Å². The number of hydrogen-bond donors (Lipinski definition) is 0. The lowest BCUT2D eigenvalue weighted by Crippen LogP contribution is -2.28. The van der Waals surface area contributed by atoms with Crippen LogP contribution in [0.2, 0.25) is 0 Å². The number of benzene rings is 1. The Morgan fingerprint density at radius 2 is 2.29 bits per heavy atom. The Bertz CT molecular complexity index is 421. The molecule has 90 valence electrons. The molecule has 3 nitrogen and oxygen atoms in total. The smallest absolute Gasteiger partial charge is 0.101 e. The SMILES string of the molecule is C=CCN(CCOC)c1cc(C)ccc1C#N. The predicted octanol–water partition coefficient (Wildman–Crippen LogP) is 2.51. The summed E-state index contributed by atoms with van der Waals surface area (Å²) < 4.78 is 5.09. The maximum Gasteiger partial charge on any atom is 0.101 e. The van der Waals surface area contributed by atoms with Crippen molar-refractivity contribution >= 4 is 5.69 Å². The second-order valence-corrected chi connectivity index (χ2v) is 3.86. The van der Waals surface area contributed by atoms with E-state index in [1.165, 1.54) is 0 Å². The number of methoxy groups -OCH3 is 1. The molecular weight excluding hydrogens is 212 g/mol. The Hall–Kier alpha value is -1.79. The third-order valence-electron chi connectivity index (χ3n) is 2.53. The van der Waals surface area contributed by atoms with Crippen molar-refractivity contribution in [3.63, 3.8) is 0 Å². The van der Waals surface area contributed by atoms with Gasteiger partial charge in [-0.05, 0) is 24.6 Å². The number of nitrogens with zero attached hydrogens (tertiary/aromatic N) is 2. The van der Waals surface area contributed by atoms with E-state index in [1.54, 1.807) is 7.11 Å². The van der Waals surface area contributed by atoms with Gasteiger partial charge in [0.25, 0.3) is 0 Å². The number of anilines is 1. The molecule has 0 aromatic heterocycles. The molecule has 1 aromatic carbocycles. The molecule has 0 atom stereocenters. The summed E-state index contributed by atoms with van der Waals surface area (Å²) in [6.07, 6.45) is 1.83. The van der Waals surface area contributed by atoms with Crippen molar-refractivity contribution in [2.24, 2.45) is 0 Å². The molecule has 0 unspecified atom stereocenters. The molecule has 17 heavy (non-hydrogen) atoms. The zero-order valence-electron chi connectivity index (χ0n) is 10.4. The van der Waals surface area contributed by atoms with Gasteiger partial charge in [0.1, 0.15) is 6.07 Å². The number of rotatable bonds is 6. The Kier molecular flexibility index (Phi) is 5.25. The number of hydrogen-bond acceptors (Lipinski definition) is 3. The fraction of sp³-hybridized carbons (Fsp3) is 0.357. The molecule has 0 fully saturated rings. The first-order chi connectivity index (χ1) is 8.22. The summed E-state index contributed by atoms with van der Waals surface area (Å²) in [4.78, 5) is 2.10. The minimum absolute atomic E-state index is 0.632. The predicted molar refractivity (Wildman–Crippen MR) is 70.2 cm³/mol. The van der Waals surface area contributed by atoms with E-state index in [2.05, 4.69) is 17.5 Å². The summed E-state index contributed by atoms with van der Waals surface area (Å²) in [5, 5.41) is 9.12. The first kappa shape index (κ1) is 13.3. The van der Waals surface area contributed by atoms with Crippen molar-refractivity contribution in [1.82, 2.24) is 0 Å². The molecule has 0 saturated heterocycles. The highest BCUT2D eigenvalue weighted by Gasteiger charge is 2.10. The van der Waals surface area contributed by atoms with Gasteiger partial charge in [-0.2, -0.15) is 5.26 Å². The highest BCUT2D eigenvalue weighted by Crippen LogP contribution is 2.21. The van der Waals surface area contributed by atoms with Crippen LogP contribution in [0, 0.1) is 18.3 Å². The van der Waals surface area contributed by atoms with Gasteiger partial charge in [0, 0.05) is 20.2 Å². The molecule has 0 N–H and O–H groups in total. The van der Waals surface area contributed by atoms with E-state index in [0.717, 1.165) is 17.8 Å². The maximum absolute atomic E-state index is 9.12. The summed E-state index contributed by atoms with van der Waals surface area (Å²) in [5.74, 6) is 0. The largest absolute Gasteiger partial charge is 0.383 e. The third-order valence-corrected chi connectivity index (χ3v) is 2.53. The van der Waals surface area contributed by atoms with Crippen LogP contribution in [0.15, 0.2) is 30.9 Å². The zero-order valence-corrected chi connectivity index (χ0v) is 10.4. The van der Waals surface area contributed by atoms with Crippen molar-refractivity contribution in [3.05, 3.63) is 42.0 Å². The van der Waals surface area contributed by atoms with E-state index < -0.39 is 0 Å². The van der Waals surface area contributed by atoms with E-state index in [9.17, 15) is 0 Å². The number of ether oxygens (including phenoxy) is 1. The molecule has 0 aliphatic rings. The first-order valence-electron chi connectivity index (χ1n) is 5.58. The molecule has 0 bridgehead atoms. The molecule has 0 radical (unpaired) electrons. The fourth-order valence-electron chi connectivity index (χ4n) is 1.67. The van der Waals surface area contributed by atoms with Gasteiger partial charge in [-0.15, -0.1) is 6.58 Å². The van der Waals surface area contributed by atoms with Crippen LogP contribution in [0.4, 0.5) is 5.69 Å². The Morgan fingerprint density at radius 3 is 2.88 bits per heavy atom. The maximum atomic E-state index is 9.12. The van der Waals surface area contributed by atoms with Gasteiger partial charge in [-0.25, -0.2) is 0 Å². The summed E-state index contributed by atoms with van der Waals surface area (Å²) in [7, 11) is 1.67. The first-order valence-corrected chi connectivity index (χ1v) is 5.58. The highest BCUT2D eigenvalue weighted by atomic mass is 16.5. The van der Waals surface area contributed by atoms with Crippen molar-refractivity contribution < 1.29 is 4.74 Å². The molecule has 0 amide bonds. The van der Waals surface area contributed by atoms with Crippen molar-refractivity contribution in [1.29, 1.82) is 5.26 Å². The van der Waals surface area contributed by atoms with Crippen LogP contribution in [-0.4, -0.2) is 26.8 Å². The van der Waals surface area contributed by atoms with Crippen LogP contribution in [0.1, 0.15) is 11.1 Å². The van der Waals surface area contributed by atoms with Crippen molar-refractivity contribution in [3.8, 4) is 6.07 Å². The topological polar surface area (TPSA) is 36.3 Å². The Balaban J connectivity index is 3.03. The lowest BCUT2D eigenvalue weighted by atomic mass is 10.1. The molecule has 0 heterocycles. The lowest BCUT2D eigenvalue weighted by Gasteiger charge is -2.24. The monoisotopic (exact) mass is 230 g/mol. The number of nitriles is 1. The molecule has 1 rings (SSSR count). The van der Waals surface area contributed by atoms with E-state index in [1.807, 2.05) is 31.2 Å². The molecule has 0 aliphatic heterocycles. The van der Waals surface area contributed by atoms with Crippen molar-refractivity contribution in [2.75, 3.05) is 31.7 Å². The molecule has 1 aromatic rings.